The molecule has 0 fully saturated rings. The molecule has 5 nitrogen and oxygen atoms in total. The smallest absolute Gasteiger partial charge is 0.339 e. The molecular weight excluding hydrogens is 344 g/mol. The lowest BCUT2D eigenvalue weighted by atomic mass is 10.0. The molecular formula is C22H20O5. The van der Waals surface area contributed by atoms with Crippen LogP contribution in [-0.2, 0) is 11.2 Å². The van der Waals surface area contributed by atoms with Gasteiger partial charge in [-0.3, -0.25) is 4.79 Å². The van der Waals surface area contributed by atoms with Gasteiger partial charge in [-0.2, -0.15) is 0 Å². The van der Waals surface area contributed by atoms with Crippen molar-refractivity contribution in [1.82, 2.24) is 0 Å². The van der Waals surface area contributed by atoms with Crippen LogP contribution < -0.4 is 10.4 Å². The van der Waals surface area contributed by atoms with Crippen LogP contribution in [0, 0.1) is 6.92 Å². The fourth-order valence-corrected chi connectivity index (χ4v) is 2.88. The molecule has 3 aromatic rings. The number of ether oxygens (including phenoxy) is 1. The molecule has 0 spiro atoms. The van der Waals surface area contributed by atoms with E-state index in [-0.39, 0.29) is 12.8 Å². The molecule has 1 N–H and O–H groups in total. The highest BCUT2D eigenvalue weighted by atomic mass is 16.5. The third-order valence-electron chi connectivity index (χ3n) is 4.30. The number of benzene rings is 2. The van der Waals surface area contributed by atoms with E-state index in [9.17, 15) is 9.59 Å². The largest absolute Gasteiger partial charge is 0.489 e. The van der Waals surface area contributed by atoms with Crippen molar-refractivity contribution in [2.75, 3.05) is 6.61 Å². The lowest BCUT2D eigenvalue weighted by Crippen LogP contribution is -2.12. The summed E-state index contributed by atoms with van der Waals surface area (Å²) in [4.78, 5) is 22.9. The molecule has 0 aliphatic heterocycles. The van der Waals surface area contributed by atoms with Crippen LogP contribution in [0.15, 0.2) is 63.8 Å². The molecule has 0 bridgehead atoms. The van der Waals surface area contributed by atoms with E-state index in [1.165, 1.54) is 0 Å². The van der Waals surface area contributed by atoms with Crippen molar-refractivity contribution in [1.29, 1.82) is 0 Å². The van der Waals surface area contributed by atoms with Crippen molar-refractivity contribution in [3.05, 3.63) is 81.7 Å². The fraction of sp³-hybridized carbons (Fsp3) is 0.182. The number of carboxylic acids is 1. The second-order valence-electron chi connectivity index (χ2n) is 6.17. The molecule has 0 radical (unpaired) electrons. The van der Waals surface area contributed by atoms with Gasteiger partial charge in [0.15, 0.2) is 0 Å². The van der Waals surface area contributed by atoms with Crippen LogP contribution in [-0.4, -0.2) is 17.7 Å². The molecule has 1 aromatic heterocycles. The highest BCUT2D eigenvalue weighted by molar-refractivity contribution is 5.82. The molecule has 0 saturated heterocycles. The van der Waals surface area contributed by atoms with Gasteiger partial charge in [0.05, 0.1) is 0 Å². The van der Waals surface area contributed by atoms with Crippen molar-refractivity contribution in [2.24, 2.45) is 0 Å². The van der Waals surface area contributed by atoms with E-state index in [0.29, 0.717) is 23.5 Å². The summed E-state index contributed by atoms with van der Waals surface area (Å²) in [6, 6.07) is 15.2. The first kappa shape index (κ1) is 18.5. The molecule has 0 amide bonds. The normalized spacial score (nSPS) is 11.1. The quantitative estimate of drug-likeness (QED) is 0.636. The number of aliphatic carboxylic acids is 1. The molecule has 2 aromatic carbocycles. The van der Waals surface area contributed by atoms with Crippen LogP contribution in [0.1, 0.15) is 23.1 Å². The average Bonchev–Trinajstić information content (AvgIpc) is 2.65. The Bertz CT molecular complexity index is 1030. The van der Waals surface area contributed by atoms with Gasteiger partial charge in [-0.15, -0.1) is 0 Å². The third-order valence-corrected chi connectivity index (χ3v) is 4.30. The summed E-state index contributed by atoms with van der Waals surface area (Å²) in [6.07, 6.45) is 3.93. The maximum absolute atomic E-state index is 12.2. The van der Waals surface area contributed by atoms with Crippen LogP contribution in [0.3, 0.4) is 0 Å². The van der Waals surface area contributed by atoms with Crippen LogP contribution in [0.2, 0.25) is 0 Å². The molecule has 3 rings (SSSR count). The Morgan fingerprint density at radius 3 is 2.70 bits per heavy atom. The summed E-state index contributed by atoms with van der Waals surface area (Å²) in [5, 5.41) is 9.61. The van der Waals surface area contributed by atoms with Gasteiger partial charge in [-0.1, -0.05) is 36.4 Å². The first-order valence-corrected chi connectivity index (χ1v) is 8.67. The van der Waals surface area contributed by atoms with Gasteiger partial charge in [0, 0.05) is 23.4 Å². The number of carbonyl (C=O) groups is 1. The first-order valence-electron chi connectivity index (χ1n) is 8.67. The number of carboxylic acid groups (broad SMARTS) is 1. The van der Waals surface area contributed by atoms with Crippen LogP contribution in [0.4, 0.5) is 0 Å². The Kier molecular flexibility index (Phi) is 5.71. The molecule has 5 heteroatoms. The van der Waals surface area contributed by atoms with Gasteiger partial charge in [0.1, 0.15) is 17.9 Å². The fourth-order valence-electron chi connectivity index (χ4n) is 2.88. The van der Waals surface area contributed by atoms with Crippen LogP contribution in [0.25, 0.3) is 17.0 Å². The standard InChI is InChI=1S/C22H20O5/c1-15-18-10-9-17(26-13-5-8-16-6-3-2-4-7-16)14-20(18)27-22(25)19(15)11-12-21(23)24/h2-10,14H,11-13H2,1H3,(H,23,24). The van der Waals surface area contributed by atoms with E-state index in [4.69, 9.17) is 14.3 Å². The Hall–Kier alpha value is -3.34. The molecule has 0 unspecified atom stereocenters. The first-order chi connectivity index (χ1) is 13.0. The molecule has 27 heavy (non-hydrogen) atoms. The number of rotatable bonds is 7. The van der Waals surface area contributed by atoms with Crippen LogP contribution in [0.5, 0.6) is 5.75 Å². The van der Waals surface area contributed by atoms with E-state index in [1.54, 1.807) is 13.0 Å². The zero-order chi connectivity index (χ0) is 19.2. The monoisotopic (exact) mass is 364 g/mol. The van der Waals surface area contributed by atoms with Gasteiger partial charge in [-0.25, -0.2) is 4.79 Å². The van der Waals surface area contributed by atoms with Crippen LogP contribution >= 0.6 is 0 Å². The summed E-state index contributed by atoms with van der Waals surface area (Å²) in [6.45, 7) is 2.19. The Morgan fingerprint density at radius 1 is 1.19 bits per heavy atom. The average molecular weight is 364 g/mol. The highest BCUT2D eigenvalue weighted by Gasteiger charge is 2.13. The van der Waals surface area contributed by atoms with E-state index in [1.807, 2.05) is 54.6 Å². The number of aryl methyl sites for hydroxylation is 1. The third kappa shape index (κ3) is 4.64. The minimum atomic E-state index is -0.943. The van der Waals surface area contributed by atoms with Crippen molar-refractivity contribution < 1.29 is 19.1 Å². The Labute approximate surface area is 156 Å². The second kappa shape index (κ2) is 8.36. The molecule has 138 valence electrons. The SMILES string of the molecule is Cc1c(CCC(=O)O)c(=O)oc2cc(OCC=Cc3ccccc3)ccc12. The van der Waals surface area contributed by atoms with Crippen molar-refractivity contribution >= 4 is 23.0 Å². The Morgan fingerprint density at radius 2 is 1.96 bits per heavy atom. The van der Waals surface area contributed by atoms with E-state index in [0.717, 1.165) is 16.5 Å². The summed E-state index contributed by atoms with van der Waals surface area (Å²) in [7, 11) is 0. The maximum Gasteiger partial charge on any atom is 0.339 e. The lowest BCUT2D eigenvalue weighted by molar-refractivity contribution is -0.136. The second-order valence-corrected chi connectivity index (χ2v) is 6.17. The summed E-state index contributed by atoms with van der Waals surface area (Å²) >= 11 is 0. The van der Waals surface area contributed by atoms with E-state index in [2.05, 4.69) is 0 Å². The summed E-state index contributed by atoms with van der Waals surface area (Å²) in [5.74, 6) is -0.345. The molecule has 0 saturated carbocycles. The molecule has 0 aliphatic rings. The van der Waals surface area contributed by atoms with E-state index < -0.39 is 11.6 Å². The highest BCUT2D eigenvalue weighted by Crippen LogP contribution is 2.24. The zero-order valence-electron chi connectivity index (χ0n) is 15.0. The summed E-state index contributed by atoms with van der Waals surface area (Å²) in [5.41, 5.74) is 2.18. The van der Waals surface area contributed by atoms with Crippen molar-refractivity contribution in [3.8, 4) is 5.75 Å². The van der Waals surface area contributed by atoms with Gasteiger partial charge in [0.2, 0.25) is 0 Å². The van der Waals surface area contributed by atoms with E-state index >= 15 is 0 Å². The predicted octanol–water partition coefficient (Wildman–Crippen LogP) is 4.21. The Balaban J connectivity index is 1.75. The number of hydrogen-bond acceptors (Lipinski definition) is 4. The minimum Gasteiger partial charge on any atom is -0.489 e. The molecule has 0 aliphatic carbocycles. The van der Waals surface area contributed by atoms with Gasteiger partial charge in [-0.05, 0) is 42.7 Å². The topological polar surface area (TPSA) is 76.7 Å². The molecule has 1 heterocycles. The maximum atomic E-state index is 12.2. The summed E-state index contributed by atoms with van der Waals surface area (Å²) < 4.78 is 11.1. The van der Waals surface area contributed by atoms with Crippen molar-refractivity contribution in [3.63, 3.8) is 0 Å². The predicted molar refractivity (Wildman–Crippen MR) is 104 cm³/mol. The van der Waals surface area contributed by atoms with Gasteiger partial charge >= 0.3 is 11.6 Å². The minimum absolute atomic E-state index is 0.105. The van der Waals surface area contributed by atoms with Gasteiger partial charge < -0.3 is 14.3 Å². The van der Waals surface area contributed by atoms with Crippen molar-refractivity contribution in [2.45, 2.75) is 19.8 Å². The number of hydrogen-bond donors (Lipinski definition) is 1. The molecule has 0 atom stereocenters. The van der Waals surface area contributed by atoms with Gasteiger partial charge in [0.25, 0.3) is 0 Å². The lowest BCUT2D eigenvalue weighted by Gasteiger charge is -2.09. The zero-order valence-corrected chi connectivity index (χ0v) is 15.0. The number of fused-ring (bicyclic) bond motifs is 1.